The highest BCUT2D eigenvalue weighted by Gasteiger charge is 2.21. The van der Waals surface area contributed by atoms with Crippen LogP contribution in [0.4, 0.5) is 4.39 Å². The minimum Gasteiger partial charge on any atom is -0.355 e. The Labute approximate surface area is 175 Å². The zero-order valence-corrected chi connectivity index (χ0v) is 17.0. The van der Waals surface area contributed by atoms with E-state index in [0.717, 1.165) is 24.2 Å². The van der Waals surface area contributed by atoms with Gasteiger partial charge >= 0.3 is 0 Å². The van der Waals surface area contributed by atoms with Gasteiger partial charge in [-0.15, -0.1) is 0 Å². The summed E-state index contributed by atoms with van der Waals surface area (Å²) < 4.78 is 13.2. The third-order valence-corrected chi connectivity index (χ3v) is 5.35. The summed E-state index contributed by atoms with van der Waals surface area (Å²) >= 11 is 6.10. The molecule has 0 aliphatic carbocycles. The van der Waals surface area contributed by atoms with Gasteiger partial charge in [0.25, 0.3) is 0 Å². The van der Waals surface area contributed by atoms with Gasteiger partial charge in [0.2, 0.25) is 11.8 Å². The number of piperazine rings is 1. The molecule has 1 aliphatic rings. The molecule has 3 rings (SSSR count). The smallest absolute Gasteiger partial charge is 0.224 e. The van der Waals surface area contributed by atoms with Crippen LogP contribution < -0.4 is 5.32 Å². The summed E-state index contributed by atoms with van der Waals surface area (Å²) in [4.78, 5) is 28.4. The van der Waals surface area contributed by atoms with Crippen LogP contribution in [0.2, 0.25) is 5.02 Å². The van der Waals surface area contributed by atoms with Crippen LogP contribution in [-0.2, 0) is 22.6 Å². The number of carbonyl (C=O) groups is 2. The van der Waals surface area contributed by atoms with Crippen LogP contribution in [0, 0.1) is 5.82 Å². The van der Waals surface area contributed by atoms with Crippen LogP contribution >= 0.6 is 11.6 Å². The number of nitrogens with one attached hydrogen (secondary N) is 1. The van der Waals surface area contributed by atoms with E-state index in [1.807, 2.05) is 35.2 Å². The van der Waals surface area contributed by atoms with Crippen LogP contribution in [0.5, 0.6) is 0 Å². The monoisotopic (exact) mass is 417 g/mol. The van der Waals surface area contributed by atoms with Crippen LogP contribution in [-0.4, -0.2) is 54.3 Å². The number of hydrogen-bond donors (Lipinski definition) is 1. The Kier molecular flexibility index (Phi) is 7.61. The van der Waals surface area contributed by atoms with Crippen molar-refractivity contribution in [3.8, 4) is 0 Å². The van der Waals surface area contributed by atoms with Gasteiger partial charge in [-0.25, -0.2) is 4.39 Å². The number of nitrogens with zero attached hydrogens (tertiary/aromatic N) is 2. The van der Waals surface area contributed by atoms with Gasteiger partial charge in [-0.1, -0.05) is 48.0 Å². The predicted molar refractivity (Wildman–Crippen MR) is 111 cm³/mol. The fourth-order valence-corrected chi connectivity index (χ4v) is 3.58. The van der Waals surface area contributed by atoms with Gasteiger partial charge in [0, 0.05) is 50.7 Å². The number of halogens is 2. The standard InChI is InChI=1S/C22H25ClFN3O2/c23-20-15-19(24)7-6-18(20)16-26-10-12-27(13-11-26)22(29)8-9-25-21(28)14-17-4-2-1-3-5-17/h1-7,15H,8-14,16H2,(H,25,28). The van der Waals surface area contributed by atoms with Gasteiger partial charge in [0.1, 0.15) is 5.82 Å². The molecule has 0 bridgehead atoms. The van der Waals surface area contributed by atoms with Crippen molar-refractivity contribution in [2.75, 3.05) is 32.7 Å². The Morgan fingerprint density at radius 2 is 1.76 bits per heavy atom. The SMILES string of the molecule is O=C(Cc1ccccc1)NCCC(=O)N1CCN(Cc2ccc(F)cc2Cl)CC1. The van der Waals surface area contributed by atoms with Crippen molar-refractivity contribution < 1.29 is 14.0 Å². The first-order valence-electron chi connectivity index (χ1n) is 9.76. The summed E-state index contributed by atoms with van der Waals surface area (Å²) in [7, 11) is 0. The van der Waals surface area contributed by atoms with Gasteiger partial charge < -0.3 is 10.2 Å². The maximum atomic E-state index is 13.2. The quantitative estimate of drug-likeness (QED) is 0.753. The third kappa shape index (κ3) is 6.54. The Hall–Kier alpha value is -2.44. The summed E-state index contributed by atoms with van der Waals surface area (Å²) in [6.45, 7) is 3.72. The fourth-order valence-electron chi connectivity index (χ4n) is 3.36. The molecular weight excluding hydrogens is 393 g/mol. The molecule has 2 aromatic rings. The van der Waals surface area contributed by atoms with E-state index < -0.39 is 0 Å². The van der Waals surface area contributed by atoms with Crippen molar-refractivity contribution in [3.63, 3.8) is 0 Å². The molecule has 154 valence electrons. The summed E-state index contributed by atoms with van der Waals surface area (Å²) in [6, 6.07) is 14.0. The Morgan fingerprint density at radius 1 is 1.03 bits per heavy atom. The lowest BCUT2D eigenvalue weighted by molar-refractivity contribution is -0.133. The second-order valence-corrected chi connectivity index (χ2v) is 7.56. The molecule has 0 atom stereocenters. The molecule has 2 amide bonds. The molecule has 1 aliphatic heterocycles. The Bertz CT molecular complexity index is 839. The zero-order chi connectivity index (χ0) is 20.6. The van der Waals surface area contributed by atoms with Crippen LogP contribution in [0.1, 0.15) is 17.5 Å². The second kappa shape index (κ2) is 10.4. The highest BCUT2D eigenvalue weighted by Crippen LogP contribution is 2.19. The largest absolute Gasteiger partial charge is 0.355 e. The number of amides is 2. The van der Waals surface area contributed by atoms with E-state index in [0.29, 0.717) is 44.0 Å². The molecular formula is C22H25ClFN3O2. The van der Waals surface area contributed by atoms with E-state index in [2.05, 4.69) is 10.2 Å². The molecule has 0 radical (unpaired) electrons. The predicted octanol–water partition coefficient (Wildman–Crippen LogP) is 2.87. The summed E-state index contributed by atoms with van der Waals surface area (Å²) in [5.74, 6) is -0.375. The molecule has 7 heteroatoms. The molecule has 0 spiro atoms. The number of carbonyl (C=O) groups excluding carboxylic acids is 2. The van der Waals surface area contributed by atoms with Crippen LogP contribution in [0.25, 0.3) is 0 Å². The van der Waals surface area contributed by atoms with Crippen molar-refractivity contribution in [1.82, 2.24) is 15.1 Å². The molecule has 1 saturated heterocycles. The minimum atomic E-state index is -0.343. The van der Waals surface area contributed by atoms with Crippen molar-refractivity contribution in [2.45, 2.75) is 19.4 Å². The molecule has 1 heterocycles. The maximum absolute atomic E-state index is 13.2. The van der Waals surface area contributed by atoms with Gasteiger partial charge in [-0.2, -0.15) is 0 Å². The second-order valence-electron chi connectivity index (χ2n) is 7.15. The van der Waals surface area contributed by atoms with Gasteiger partial charge in [-0.3, -0.25) is 14.5 Å². The Morgan fingerprint density at radius 3 is 2.45 bits per heavy atom. The average Bonchev–Trinajstić information content (AvgIpc) is 2.71. The minimum absolute atomic E-state index is 0.0458. The maximum Gasteiger partial charge on any atom is 0.224 e. The van der Waals surface area contributed by atoms with Crippen molar-refractivity contribution in [2.24, 2.45) is 0 Å². The van der Waals surface area contributed by atoms with E-state index in [9.17, 15) is 14.0 Å². The molecule has 0 unspecified atom stereocenters. The fraction of sp³-hybridized carbons (Fsp3) is 0.364. The topological polar surface area (TPSA) is 52.7 Å². The summed E-state index contributed by atoms with van der Waals surface area (Å²) in [5.41, 5.74) is 1.84. The van der Waals surface area contributed by atoms with Crippen molar-refractivity contribution in [3.05, 3.63) is 70.5 Å². The van der Waals surface area contributed by atoms with Gasteiger partial charge in [-0.05, 0) is 23.3 Å². The lowest BCUT2D eigenvalue weighted by Crippen LogP contribution is -2.48. The average molecular weight is 418 g/mol. The molecule has 29 heavy (non-hydrogen) atoms. The van der Waals surface area contributed by atoms with Crippen molar-refractivity contribution in [1.29, 1.82) is 0 Å². The first-order chi connectivity index (χ1) is 14.0. The van der Waals surface area contributed by atoms with Gasteiger partial charge in [0.15, 0.2) is 0 Å². The highest BCUT2D eigenvalue weighted by atomic mass is 35.5. The van der Waals surface area contributed by atoms with Crippen LogP contribution in [0.15, 0.2) is 48.5 Å². The van der Waals surface area contributed by atoms with E-state index in [1.54, 1.807) is 6.07 Å². The van der Waals surface area contributed by atoms with Crippen LogP contribution in [0.3, 0.4) is 0 Å². The lowest BCUT2D eigenvalue weighted by atomic mass is 10.1. The van der Waals surface area contributed by atoms with Crippen molar-refractivity contribution >= 4 is 23.4 Å². The normalized spacial score (nSPS) is 14.6. The molecule has 0 saturated carbocycles. The number of hydrogen-bond acceptors (Lipinski definition) is 3. The number of rotatable bonds is 7. The number of benzene rings is 2. The first kappa shape index (κ1) is 21.3. The first-order valence-corrected chi connectivity index (χ1v) is 10.1. The lowest BCUT2D eigenvalue weighted by Gasteiger charge is -2.35. The summed E-state index contributed by atoms with van der Waals surface area (Å²) in [6.07, 6.45) is 0.615. The molecule has 0 aromatic heterocycles. The molecule has 1 N–H and O–H groups in total. The zero-order valence-electron chi connectivity index (χ0n) is 16.2. The molecule has 1 fully saturated rings. The third-order valence-electron chi connectivity index (χ3n) is 5.00. The highest BCUT2D eigenvalue weighted by molar-refractivity contribution is 6.31. The van der Waals surface area contributed by atoms with E-state index in [1.165, 1.54) is 12.1 Å². The molecule has 5 nitrogen and oxygen atoms in total. The summed E-state index contributed by atoms with van der Waals surface area (Å²) in [5, 5.41) is 3.24. The van der Waals surface area contributed by atoms with E-state index in [4.69, 9.17) is 11.6 Å². The molecule has 2 aromatic carbocycles. The van der Waals surface area contributed by atoms with Gasteiger partial charge in [0.05, 0.1) is 6.42 Å². The Balaban J connectivity index is 1.36. The van der Waals surface area contributed by atoms with E-state index >= 15 is 0 Å². The van der Waals surface area contributed by atoms with E-state index in [-0.39, 0.29) is 17.6 Å².